The zero-order valence-electron chi connectivity index (χ0n) is 10.5. The molecule has 0 bridgehead atoms. The van der Waals surface area contributed by atoms with E-state index >= 15 is 0 Å². The van der Waals surface area contributed by atoms with Crippen LogP contribution in [0.3, 0.4) is 0 Å². The molecule has 92 valence electrons. The first-order valence-electron chi connectivity index (χ1n) is 7.33. The van der Waals surface area contributed by atoms with E-state index in [9.17, 15) is 0 Å². The van der Waals surface area contributed by atoms with Gasteiger partial charge in [-0.1, -0.05) is 12.8 Å². The van der Waals surface area contributed by atoms with Crippen molar-refractivity contribution in [3.63, 3.8) is 0 Å². The summed E-state index contributed by atoms with van der Waals surface area (Å²) in [7, 11) is 0. The van der Waals surface area contributed by atoms with Crippen LogP contribution in [0.4, 0.5) is 0 Å². The summed E-state index contributed by atoms with van der Waals surface area (Å²) < 4.78 is 0. The first-order valence-corrected chi connectivity index (χ1v) is 7.33. The SMILES string of the molecule is NCC(C1CC1)(C1CC1)N1CCCCCC1. The maximum atomic E-state index is 6.23. The van der Waals surface area contributed by atoms with Crippen molar-refractivity contribution in [1.29, 1.82) is 0 Å². The lowest BCUT2D eigenvalue weighted by molar-refractivity contribution is 0.0546. The molecule has 0 atom stereocenters. The molecule has 1 heterocycles. The molecule has 2 saturated carbocycles. The smallest absolute Gasteiger partial charge is 0.0387 e. The van der Waals surface area contributed by atoms with E-state index in [4.69, 9.17) is 5.73 Å². The van der Waals surface area contributed by atoms with E-state index in [0.29, 0.717) is 5.54 Å². The van der Waals surface area contributed by atoms with E-state index in [1.807, 2.05) is 0 Å². The summed E-state index contributed by atoms with van der Waals surface area (Å²) in [6.45, 7) is 3.57. The molecule has 2 N–H and O–H groups in total. The molecule has 3 aliphatic rings. The Morgan fingerprint density at radius 1 is 0.875 bits per heavy atom. The summed E-state index contributed by atoms with van der Waals surface area (Å²) in [5, 5.41) is 0. The van der Waals surface area contributed by atoms with Gasteiger partial charge in [-0.3, -0.25) is 4.90 Å². The van der Waals surface area contributed by atoms with Gasteiger partial charge >= 0.3 is 0 Å². The molecule has 16 heavy (non-hydrogen) atoms. The van der Waals surface area contributed by atoms with E-state index in [1.165, 1.54) is 64.5 Å². The van der Waals surface area contributed by atoms with Crippen molar-refractivity contribution in [2.75, 3.05) is 19.6 Å². The van der Waals surface area contributed by atoms with Crippen LogP contribution in [-0.4, -0.2) is 30.1 Å². The molecule has 0 unspecified atom stereocenters. The van der Waals surface area contributed by atoms with Crippen molar-refractivity contribution in [2.24, 2.45) is 17.6 Å². The third kappa shape index (κ3) is 1.80. The fourth-order valence-corrected chi connectivity index (χ4v) is 3.97. The highest BCUT2D eigenvalue weighted by atomic mass is 15.2. The number of hydrogen-bond acceptors (Lipinski definition) is 2. The quantitative estimate of drug-likeness (QED) is 0.791. The largest absolute Gasteiger partial charge is 0.329 e. The van der Waals surface area contributed by atoms with E-state index < -0.39 is 0 Å². The van der Waals surface area contributed by atoms with Crippen LogP contribution < -0.4 is 5.73 Å². The van der Waals surface area contributed by atoms with Crippen LogP contribution in [0, 0.1) is 11.8 Å². The predicted molar refractivity (Wildman–Crippen MR) is 67.3 cm³/mol. The zero-order valence-corrected chi connectivity index (χ0v) is 10.5. The van der Waals surface area contributed by atoms with Crippen molar-refractivity contribution in [3.05, 3.63) is 0 Å². The Balaban J connectivity index is 1.79. The minimum Gasteiger partial charge on any atom is -0.329 e. The molecule has 1 saturated heterocycles. The molecule has 0 spiro atoms. The average Bonchev–Trinajstić information content (AvgIpc) is 3.18. The third-order valence-corrected chi connectivity index (χ3v) is 5.09. The normalized spacial score (nSPS) is 29.1. The highest BCUT2D eigenvalue weighted by Crippen LogP contribution is 2.54. The van der Waals surface area contributed by atoms with Gasteiger partial charge in [0, 0.05) is 12.1 Å². The van der Waals surface area contributed by atoms with E-state index in [1.54, 1.807) is 0 Å². The van der Waals surface area contributed by atoms with Crippen LogP contribution >= 0.6 is 0 Å². The molecule has 0 aromatic rings. The molecule has 0 aromatic carbocycles. The molecule has 0 aromatic heterocycles. The molecule has 0 radical (unpaired) electrons. The van der Waals surface area contributed by atoms with Crippen LogP contribution in [0.15, 0.2) is 0 Å². The summed E-state index contributed by atoms with van der Waals surface area (Å²) in [6, 6.07) is 0. The lowest BCUT2D eigenvalue weighted by atomic mass is 9.85. The summed E-state index contributed by atoms with van der Waals surface area (Å²) in [5.41, 5.74) is 6.66. The van der Waals surface area contributed by atoms with Gasteiger partial charge in [-0.15, -0.1) is 0 Å². The van der Waals surface area contributed by atoms with Gasteiger partial charge in [-0.25, -0.2) is 0 Å². The molecule has 0 amide bonds. The maximum Gasteiger partial charge on any atom is 0.0387 e. The van der Waals surface area contributed by atoms with Gasteiger partial charge in [0.1, 0.15) is 0 Å². The second-order valence-corrected chi connectivity index (χ2v) is 6.15. The number of hydrogen-bond donors (Lipinski definition) is 1. The molecule has 3 fully saturated rings. The first-order chi connectivity index (χ1) is 7.88. The lowest BCUT2D eigenvalue weighted by Crippen LogP contribution is -2.57. The summed E-state index contributed by atoms with van der Waals surface area (Å²) >= 11 is 0. The van der Waals surface area contributed by atoms with Crippen LogP contribution in [0.5, 0.6) is 0 Å². The number of nitrogens with zero attached hydrogens (tertiary/aromatic N) is 1. The Hall–Kier alpha value is -0.0800. The van der Waals surface area contributed by atoms with Crippen molar-refractivity contribution in [1.82, 2.24) is 4.90 Å². The Labute approximate surface area is 99.6 Å². The Kier molecular flexibility index (Phi) is 2.97. The molecule has 3 rings (SSSR count). The van der Waals surface area contributed by atoms with Gasteiger partial charge in [0.05, 0.1) is 0 Å². The highest BCUT2D eigenvalue weighted by molar-refractivity contribution is 5.11. The van der Waals surface area contributed by atoms with Gasteiger partial charge < -0.3 is 5.73 Å². The van der Waals surface area contributed by atoms with E-state index in [2.05, 4.69) is 4.90 Å². The molecular weight excluding hydrogens is 196 g/mol. The van der Waals surface area contributed by atoms with Crippen molar-refractivity contribution in [3.8, 4) is 0 Å². The monoisotopic (exact) mass is 222 g/mol. The fourth-order valence-electron chi connectivity index (χ4n) is 3.97. The van der Waals surface area contributed by atoms with E-state index in [-0.39, 0.29) is 0 Å². The van der Waals surface area contributed by atoms with Crippen molar-refractivity contribution in [2.45, 2.75) is 56.9 Å². The Bertz CT molecular complexity index is 223. The summed E-state index contributed by atoms with van der Waals surface area (Å²) in [6.07, 6.45) is 11.5. The molecule has 2 heteroatoms. The maximum absolute atomic E-state index is 6.23. The second-order valence-electron chi connectivity index (χ2n) is 6.15. The average molecular weight is 222 g/mol. The van der Waals surface area contributed by atoms with Crippen molar-refractivity contribution < 1.29 is 0 Å². The second kappa shape index (κ2) is 4.30. The fraction of sp³-hybridized carbons (Fsp3) is 1.00. The van der Waals surface area contributed by atoms with Gasteiger partial charge in [-0.2, -0.15) is 0 Å². The molecule has 2 nitrogen and oxygen atoms in total. The van der Waals surface area contributed by atoms with Crippen LogP contribution in [0.2, 0.25) is 0 Å². The van der Waals surface area contributed by atoms with Gasteiger partial charge in [0.2, 0.25) is 0 Å². The van der Waals surface area contributed by atoms with E-state index in [0.717, 1.165) is 18.4 Å². The molecule has 2 aliphatic carbocycles. The number of likely N-dealkylation sites (tertiary alicyclic amines) is 1. The Morgan fingerprint density at radius 3 is 1.75 bits per heavy atom. The standard InChI is InChI=1S/C14H26N2/c15-11-14(12-5-6-12,13-7-8-13)16-9-3-1-2-4-10-16/h12-13H,1-11,15H2. The number of rotatable bonds is 4. The van der Waals surface area contributed by atoms with Crippen LogP contribution in [0.25, 0.3) is 0 Å². The van der Waals surface area contributed by atoms with Gasteiger partial charge in [-0.05, 0) is 63.5 Å². The summed E-state index contributed by atoms with van der Waals surface area (Å²) in [5.74, 6) is 1.89. The first kappa shape index (κ1) is 11.0. The minimum atomic E-state index is 0.435. The Morgan fingerprint density at radius 2 is 1.38 bits per heavy atom. The minimum absolute atomic E-state index is 0.435. The summed E-state index contributed by atoms with van der Waals surface area (Å²) in [4.78, 5) is 2.81. The van der Waals surface area contributed by atoms with Gasteiger partial charge in [0.25, 0.3) is 0 Å². The third-order valence-electron chi connectivity index (χ3n) is 5.09. The van der Waals surface area contributed by atoms with Gasteiger partial charge in [0.15, 0.2) is 0 Å². The van der Waals surface area contributed by atoms with Crippen molar-refractivity contribution >= 4 is 0 Å². The van der Waals surface area contributed by atoms with Crippen LogP contribution in [0.1, 0.15) is 51.4 Å². The topological polar surface area (TPSA) is 29.3 Å². The predicted octanol–water partition coefficient (Wildman–Crippen LogP) is 2.38. The molecular formula is C14H26N2. The lowest BCUT2D eigenvalue weighted by Gasteiger charge is -2.44. The molecule has 1 aliphatic heterocycles. The number of nitrogens with two attached hydrogens (primary N) is 1. The highest BCUT2D eigenvalue weighted by Gasteiger charge is 2.56. The zero-order chi connectivity index (χ0) is 11.0. The van der Waals surface area contributed by atoms with Crippen LogP contribution in [-0.2, 0) is 0 Å².